The van der Waals surface area contributed by atoms with E-state index in [0.717, 1.165) is 0 Å². The van der Waals surface area contributed by atoms with Crippen molar-refractivity contribution in [3.05, 3.63) is 102 Å². The third-order valence-electron chi connectivity index (χ3n) is 3.94. The fourth-order valence-corrected chi connectivity index (χ4v) is 2.72. The molecule has 3 aromatic carbocycles. The highest BCUT2D eigenvalue weighted by molar-refractivity contribution is 5.95. The number of hydrogen-bond donors (Lipinski definition) is 2. The fraction of sp³-hybridized carbons (Fsp3) is 0.0952. The van der Waals surface area contributed by atoms with Crippen LogP contribution in [-0.4, -0.2) is 12.5 Å². The van der Waals surface area contributed by atoms with Crippen LogP contribution >= 0.6 is 0 Å². The van der Waals surface area contributed by atoms with Crippen molar-refractivity contribution in [3.8, 4) is 0 Å². The van der Waals surface area contributed by atoms with Gasteiger partial charge < -0.3 is 11.1 Å². The number of carbonyl (C=O) groups is 1. The van der Waals surface area contributed by atoms with Gasteiger partial charge in [0.05, 0.1) is 0 Å². The van der Waals surface area contributed by atoms with Crippen molar-refractivity contribution in [2.45, 2.75) is 5.92 Å². The van der Waals surface area contributed by atoms with Crippen LogP contribution in [0.4, 0.5) is 5.69 Å². The molecule has 0 saturated heterocycles. The van der Waals surface area contributed by atoms with Crippen molar-refractivity contribution in [2.24, 2.45) is 0 Å². The molecular formula is C21H19N2O. The van der Waals surface area contributed by atoms with E-state index in [2.05, 4.69) is 35.6 Å². The number of carbonyl (C=O) groups excluding carboxylic acids is 1. The Bertz CT molecular complexity index is 761. The summed E-state index contributed by atoms with van der Waals surface area (Å²) in [5.41, 5.74) is 9.12. The molecule has 0 unspecified atom stereocenters. The number of amides is 1. The summed E-state index contributed by atoms with van der Waals surface area (Å²) in [6, 6.07) is 28.2. The summed E-state index contributed by atoms with van der Waals surface area (Å²) in [5.74, 6) is -0.0446. The topological polar surface area (TPSA) is 55.1 Å². The van der Waals surface area contributed by atoms with Gasteiger partial charge in [-0.05, 0) is 35.4 Å². The normalized spacial score (nSPS) is 10.5. The summed E-state index contributed by atoms with van der Waals surface area (Å²) in [4.78, 5) is 12.4. The Morgan fingerprint density at radius 3 is 2.08 bits per heavy atom. The standard InChI is InChI=1S/C21H19N2O/c22-19-13-7-12-18(14-19)21(24)23-15-20(16-8-3-1-4-9-16)17-10-5-2-6-11-17/h1-6,8-14,20H,15,22H2,(H,23,24). The second-order valence-corrected chi connectivity index (χ2v) is 5.64. The van der Waals surface area contributed by atoms with Gasteiger partial charge in [0.25, 0.3) is 5.91 Å². The third kappa shape index (κ3) is 3.82. The van der Waals surface area contributed by atoms with E-state index in [-0.39, 0.29) is 11.8 Å². The van der Waals surface area contributed by atoms with Crippen molar-refractivity contribution < 1.29 is 4.79 Å². The minimum Gasteiger partial charge on any atom is -0.399 e. The first kappa shape index (κ1) is 15.8. The zero-order valence-electron chi connectivity index (χ0n) is 13.3. The molecular weight excluding hydrogens is 296 g/mol. The van der Waals surface area contributed by atoms with Gasteiger partial charge in [-0.3, -0.25) is 4.79 Å². The van der Waals surface area contributed by atoms with Gasteiger partial charge in [0, 0.05) is 23.7 Å². The molecule has 3 aromatic rings. The molecule has 0 aliphatic carbocycles. The van der Waals surface area contributed by atoms with Gasteiger partial charge in [-0.2, -0.15) is 0 Å². The van der Waals surface area contributed by atoms with Gasteiger partial charge in [-0.25, -0.2) is 0 Å². The summed E-state index contributed by atoms with van der Waals surface area (Å²) in [6.45, 7) is 0.516. The van der Waals surface area contributed by atoms with E-state index in [1.54, 1.807) is 18.2 Å². The van der Waals surface area contributed by atoms with Gasteiger partial charge in [0.1, 0.15) is 0 Å². The van der Waals surface area contributed by atoms with Gasteiger partial charge in [0.15, 0.2) is 0 Å². The van der Waals surface area contributed by atoms with Crippen LogP contribution in [0.3, 0.4) is 0 Å². The first-order valence-corrected chi connectivity index (χ1v) is 7.89. The van der Waals surface area contributed by atoms with Gasteiger partial charge >= 0.3 is 0 Å². The molecule has 3 N–H and O–H groups in total. The molecule has 3 rings (SSSR count). The number of anilines is 1. The molecule has 0 saturated carbocycles. The SMILES string of the molecule is Nc1c[c]cc(C(=O)NCC(c2ccccc2)c2ccccc2)c1. The fourth-order valence-electron chi connectivity index (χ4n) is 2.72. The maximum Gasteiger partial charge on any atom is 0.251 e. The number of hydrogen-bond acceptors (Lipinski definition) is 2. The van der Waals surface area contributed by atoms with Gasteiger partial charge in [0.2, 0.25) is 0 Å². The zero-order valence-corrected chi connectivity index (χ0v) is 13.3. The Kier molecular flexibility index (Phi) is 4.92. The molecule has 1 amide bonds. The molecule has 0 spiro atoms. The Morgan fingerprint density at radius 2 is 1.54 bits per heavy atom. The Hall–Kier alpha value is -3.07. The highest BCUT2D eigenvalue weighted by Crippen LogP contribution is 2.23. The lowest BCUT2D eigenvalue weighted by atomic mass is 9.91. The van der Waals surface area contributed by atoms with Crippen LogP contribution in [0.5, 0.6) is 0 Å². The lowest BCUT2D eigenvalue weighted by Crippen LogP contribution is -2.29. The van der Waals surface area contributed by atoms with E-state index < -0.39 is 0 Å². The van der Waals surface area contributed by atoms with Gasteiger partial charge in [-0.15, -0.1) is 0 Å². The van der Waals surface area contributed by atoms with E-state index in [1.165, 1.54) is 11.1 Å². The number of nitrogens with two attached hydrogens (primary N) is 1. The first-order valence-electron chi connectivity index (χ1n) is 7.89. The van der Waals surface area contributed by atoms with E-state index in [9.17, 15) is 4.79 Å². The molecule has 3 nitrogen and oxygen atoms in total. The van der Waals surface area contributed by atoms with Crippen LogP contribution in [0, 0.1) is 6.07 Å². The predicted octanol–water partition coefficient (Wildman–Crippen LogP) is 3.63. The summed E-state index contributed by atoms with van der Waals surface area (Å²) < 4.78 is 0. The maximum atomic E-state index is 12.4. The smallest absolute Gasteiger partial charge is 0.251 e. The van der Waals surface area contributed by atoms with Crippen LogP contribution in [-0.2, 0) is 0 Å². The van der Waals surface area contributed by atoms with Crippen LogP contribution in [0.2, 0.25) is 0 Å². The molecule has 0 bridgehead atoms. The molecule has 0 aliphatic rings. The largest absolute Gasteiger partial charge is 0.399 e. The predicted molar refractivity (Wildman–Crippen MR) is 96.8 cm³/mol. The summed E-state index contributed by atoms with van der Waals surface area (Å²) in [7, 11) is 0. The molecule has 0 atom stereocenters. The summed E-state index contributed by atoms with van der Waals surface area (Å²) >= 11 is 0. The number of rotatable bonds is 5. The Morgan fingerprint density at radius 1 is 0.958 bits per heavy atom. The van der Waals surface area contributed by atoms with Crippen LogP contribution < -0.4 is 11.1 Å². The van der Waals surface area contributed by atoms with E-state index in [0.29, 0.717) is 17.8 Å². The third-order valence-corrected chi connectivity index (χ3v) is 3.94. The van der Waals surface area contributed by atoms with E-state index in [1.807, 2.05) is 36.4 Å². The average molecular weight is 315 g/mol. The number of nitrogens with one attached hydrogen (secondary N) is 1. The highest BCUT2D eigenvalue weighted by Gasteiger charge is 2.15. The highest BCUT2D eigenvalue weighted by atomic mass is 16.1. The van der Waals surface area contributed by atoms with Crippen LogP contribution in [0.25, 0.3) is 0 Å². The first-order chi connectivity index (χ1) is 11.7. The number of nitrogen functional groups attached to an aromatic ring is 1. The van der Waals surface area contributed by atoms with Crippen molar-refractivity contribution >= 4 is 11.6 Å². The van der Waals surface area contributed by atoms with Crippen molar-refractivity contribution in [1.29, 1.82) is 0 Å². The molecule has 0 fully saturated rings. The van der Waals surface area contributed by atoms with Crippen molar-refractivity contribution in [3.63, 3.8) is 0 Å². The minimum absolute atomic E-state index is 0.0985. The van der Waals surface area contributed by atoms with Crippen LogP contribution in [0.15, 0.2) is 78.9 Å². The molecule has 3 heteroatoms. The molecule has 24 heavy (non-hydrogen) atoms. The molecule has 0 heterocycles. The summed E-state index contributed by atoms with van der Waals surface area (Å²) in [6.07, 6.45) is 0. The Labute approximate surface area is 142 Å². The maximum absolute atomic E-state index is 12.4. The molecule has 1 radical (unpaired) electrons. The quantitative estimate of drug-likeness (QED) is 0.706. The van der Waals surface area contributed by atoms with E-state index >= 15 is 0 Å². The minimum atomic E-state index is -0.143. The molecule has 119 valence electrons. The molecule has 0 aliphatic heterocycles. The lowest BCUT2D eigenvalue weighted by Gasteiger charge is -2.19. The average Bonchev–Trinajstić information content (AvgIpc) is 2.63. The summed E-state index contributed by atoms with van der Waals surface area (Å²) in [5, 5.41) is 3.01. The lowest BCUT2D eigenvalue weighted by molar-refractivity contribution is 0.0952. The number of benzene rings is 3. The Balaban J connectivity index is 1.79. The second kappa shape index (κ2) is 7.47. The van der Waals surface area contributed by atoms with Crippen molar-refractivity contribution in [2.75, 3.05) is 12.3 Å². The van der Waals surface area contributed by atoms with Gasteiger partial charge in [-0.1, -0.05) is 60.7 Å². The zero-order chi connectivity index (χ0) is 16.8. The van der Waals surface area contributed by atoms with Crippen molar-refractivity contribution in [1.82, 2.24) is 5.32 Å². The second-order valence-electron chi connectivity index (χ2n) is 5.64. The van der Waals surface area contributed by atoms with Crippen LogP contribution in [0.1, 0.15) is 27.4 Å². The monoisotopic (exact) mass is 315 g/mol. The molecule has 0 aromatic heterocycles. The van der Waals surface area contributed by atoms with E-state index in [4.69, 9.17) is 5.73 Å².